The molecule has 0 aliphatic heterocycles. The van der Waals surface area contributed by atoms with Crippen LogP contribution in [0, 0.1) is 17.8 Å². The van der Waals surface area contributed by atoms with E-state index in [4.69, 9.17) is 5.84 Å². The first-order valence-electron chi connectivity index (χ1n) is 10.6. The largest absolute Gasteiger partial charge is 0.368 e. The van der Waals surface area contributed by atoms with Crippen molar-refractivity contribution in [3.63, 3.8) is 0 Å². The number of nitrogens with one attached hydrogen (secondary N) is 2. The molecule has 4 rings (SSSR count). The van der Waals surface area contributed by atoms with Crippen molar-refractivity contribution in [1.29, 1.82) is 0 Å². The SMILES string of the molecule is CC1CCC(Cn2cnc3nc(C(=O)NN)nc(NCCC4CCC4)c32)CC1. The molecule has 0 spiro atoms. The predicted octanol–water partition coefficient (Wildman–Crippen LogP) is 2.86. The van der Waals surface area contributed by atoms with Gasteiger partial charge in [-0.15, -0.1) is 0 Å². The maximum atomic E-state index is 12.0. The Morgan fingerprint density at radius 3 is 2.64 bits per heavy atom. The van der Waals surface area contributed by atoms with Crippen molar-refractivity contribution in [2.24, 2.45) is 23.6 Å². The molecule has 2 aromatic heterocycles. The molecule has 0 saturated heterocycles. The zero-order chi connectivity index (χ0) is 19.5. The van der Waals surface area contributed by atoms with Crippen molar-refractivity contribution < 1.29 is 4.79 Å². The predicted molar refractivity (Wildman–Crippen MR) is 109 cm³/mol. The highest BCUT2D eigenvalue weighted by Gasteiger charge is 2.22. The molecule has 28 heavy (non-hydrogen) atoms. The van der Waals surface area contributed by atoms with E-state index >= 15 is 0 Å². The Labute approximate surface area is 165 Å². The second-order valence-corrected chi connectivity index (χ2v) is 8.58. The van der Waals surface area contributed by atoms with Gasteiger partial charge < -0.3 is 9.88 Å². The molecule has 2 aliphatic rings. The Hall–Kier alpha value is -2.22. The highest BCUT2D eigenvalue weighted by atomic mass is 16.2. The number of fused-ring (bicyclic) bond motifs is 1. The van der Waals surface area contributed by atoms with E-state index in [2.05, 4.69) is 37.2 Å². The van der Waals surface area contributed by atoms with Crippen LogP contribution < -0.4 is 16.6 Å². The molecule has 0 radical (unpaired) electrons. The van der Waals surface area contributed by atoms with Gasteiger partial charge in [0.1, 0.15) is 5.52 Å². The summed E-state index contributed by atoms with van der Waals surface area (Å²) in [4.78, 5) is 25.2. The molecule has 0 unspecified atom stereocenters. The standard InChI is InChI=1S/C20H31N7O/c1-13-5-7-15(8-6-13)11-27-12-23-18-16(27)17(22-10-9-14-3-2-4-14)24-19(25-18)20(28)26-21/h12-15H,2-11,21H2,1H3,(H,26,28)(H,22,24,25). The highest BCUT2D eigenvalue weighted by Crippen LogP contribution is 2.32. The average molecular weight is 386 g/mol. The quantitative estimate of drug-likeness (QED) is 0.384. The lowest BCUT2D eigenvalue weighted by atomic mass is 9.83. The summed E-state index contributed by atoms with van der Waals surface area (Å²) in [6.45, 7) is 4.10. The van der Waals surface area contributed by atoms with E-state index in [1.807, 2.05) is 6.33 Å². The van der Waals surface area contributed by atoms with Crippen molar-refractivity contribution in [3.8, 4) is 0 Å². The molecule has 2 aliphatic carbocycles. The van der Waals surface area contributed by atoms with Gasteiger partial charge in [0, 0.05) is 13.1 Å². The van der Waals surface area contributed by atoms with Crippen LogP contribution in [0.25, 0.3) is 11.2 Å². The maximum Gasteiger partial charge on any atom is 0.303 e. The first kappa shape index (κ1) is 19.1. The number of imidazole rings is 1. The summed E-state index contributed by atoms with van der Waals surface area (Å²) in [6.07, 6.45) is 12.0. The van der Waals surface area contributed by atoms with Gasteiger partial charge in [0.15, 0.2) is 11.5 Å². The second-order valence-electron chi connectivity index (χ2n) is 8.58. The summed E-state index contributed by atoms with van der Waals surface area (Å²) in [6, 6.07) is 0. The molecule has 2 heterocycles. The molecule has 2 saturated carbocycles. The fourth-order valence-corrected chi connectivity index (χ4v) is 4.37. The molecule has 0 atom stereocenters. The molecule has 8 nitrogen and oxygen atoms in total. The third-order valence-corrected chi connectivity index (χ3v) is 6.47. The normalized spacial score (nSPS) is 22.8. The molecule has 2 aromatic rings. The Morgan fingerprint density at radius 2 is 1.96 bits per heavy atom. The number of anilines is 1. The number of hydrogen-bond donors (Lipinski definition) is 3. The maximum absolute atomic E-state index is 12.0. The Morgan fingerprint density at radius 1 is 1.18 bits per heavy atom. The van der Waals surface area contributed by atoms with Gasteiger partial charge in [-0.2, -0.15) is 0 Å². The number of carbonyl (C=O) groups excluding carboxylic acids is 1. The monoisotopic (exact) mass is 385 g/mol. The van der Waals surface area contributed by atoms with Gasteiger partial charge in [0.25, 0.3) is 0 Å². The number of hydrogen-bond acceptors (Lipinski definition) is 6. The molecule has 0 aromatic carbocycles. The number of nitrogens with zero attached hydrogens (tertiary/aromatic N) is 4. The van der Waals surface area contributed by atoms with Crippen molar-refractivity contribution in [1.82, 2.24) is 24.9 Å². The van der Waals surface area contributed by atoms with Crippen LogP contribution in [-0.4, -0.2) is 32.0 Å². The fourth-order valence-electron chi connectivity index (χ4n) is 4.37. The number of nitrogen functional groups attached to an aromatic ring is 1. The average Bonchev–Trinajstić information content (AvgIpc) is 3.07. The Kier molecular flexibility index (Phi) is 5.75. The van der Waals surface area contributed by atoms with E-state index in [-0.39, 0.29) is 5.82 Å². The van der Waals surface area contributed by atoms with Crippen LogP contribution in [0.1, 0.15) is 68.9 Å². The van der Waals surface area contributed by atoms with Crippen molar-refractivity contribution in [2.45, 2.75) is 64.8 Å². The number of hydrazine groups is 1. The van der Waals surface area contributed by atoms with Gasteiger partial charge in [-0.3, -0.25) is 10.2 Å². The number of rotatable bonds is 7. The van der Waals surface area contributed by atoms with Crippen LogP contribution in [0.4, 0.5) is 5.82 Å². The van der Waals surface area contributed by atoms with Gasteiger partial charge in [-0.1, -0.05) is 39.0 Å². The van der Waals surface area contributed by atoms with Crippen LogP contribution >= 0.6 is 0 Å². The zero-order valence-corrected chi connectivity index (χ0v) is 16.7. The third kappa shape index (κ3) is 4.11. The molecular weight excluding hydrogens is 354 g/mol. The van der Waals surface area contributed by atoms with Crippen molar-refractivity contribution in [3.05, 3.63) is 12.2 Å². The van der Waals surface area contributed by atoms with E-state index < -0.39 is 5.91 Å². The molecule has 2 fully saturated rings. The number of carbonyl (C=O) groups is 1. The Balaban J connectivity index is 1.57. The molecule has 4 N–H and O–H groups in total. The summed E-state index contributed by atoms with van der Waals surface area (Å²) in [7, 11) is 0. The smallest absolute Gasteiger partial charge is 0.303 e. The van der Waals surface area contributed by atoms with Crippen LogP contribution in [0.2, 0.25) is 0 Å². The van der Waals surface area contributed by atoms with E-state index in [9.17, 15) is 4.79 Å². The van der Waals surface area contributed by atoms with Gasteiger partial charge in [0.05, 0.1) is 6.33 Å². The number of nitrogens with two attached hydrogens (primary N) is 1. The van der Waals surface area contributed by atoms with E-state index in [0.29, 0.717) is 17.4 Å². The van der Waals surface area contributed by atoms with Crippen LogP contribution in [0.5, 0.6) is 0 Å². The molecule has 152 valence electrons. The highest BCUT2D eigenvalue weighted by molar-refractivity contribution is 5.94. The fraction of sp³-hybridized carbons (Fsp3) is 0.700. The summed E-state index contributed by atoms with van der Waals surface area (Å²) in [5, 5.41) is 3.44. The molecule has 1 amide bonds. The minimum absolute atomic E-state index is 0.0536. The molecular formula is C20H31N7O. The number of amides is 1. The van der Waals surface area contributed by atoms with Gasteiger partial charge >= 0.3 is 5.91 Å². The lowest BCUT2D eigenvalue weighted by Crippen LogP contribution is -2.32. The van der Waals surface area contributed by atoms with E-state index in [0.717, 1.165) is 36.9 Å². The van der Waals surface area contributed by atoms with Gasteiger partial charge in [0.2, 0.25) is 5.82 Å². The van der Waals surface area contributed by atoms with E-state index in [1.165, 1.54) is 44.9 Å². The van der Waals surface area contributed by atoms with Crippen molar-refractivity contribution >= 4 is 22.9 Å². The minimum atomic E-state index is -0.500. The summed E-state index contributed by atoms with van der Waals surface area (Å²) >= 11 is 0. The van der Waals surface area contributed by atoms with Crippen LogP contribution in [0.15, 0.2) is 6.33 Å². The summed E-state index contributed by atoms with van der Waals surface area (Å²) < 4.78 is 2.16. The summed E-state index contributed by atoms with van der Waals surface area (Å²) in [5.74, 6) is 7.82. The first-order chi connectivity index (χ1) is 13.6. The molecule has 0 bridgehead atoms. The van der Waals surface area contributed by atoms with Crippen LogP contribution in [0.3, 0.4) is 0 Å². The van der Waals surface area contributed by atoms with Crippen LogP contribution in [-0.2, 0) is 6.54 Å². The molecule has 8 heteroatoms. The zero-order valence-electron chi connectivity index (χ0n) is 16.7. The first-order valence-corrected chi connectivity index (χ1v) is 10.6. The number of aromatic nitrogens is 4. The third-order valence-electron chi connectivity index (χ3n) is 6.47. The Bertz CT molecular complexity index is 821. The van der Waals surface area contributed by atoms with Gasteiger partial charge in [-0.25, -0.2) is 20.8 Å². The second kappa shape index (κ2) is 8.43. The van der Waals surface area contributed by atoms with E-state index in [1.54, 1.807) is 0 Å². The lowest BCUT2D eigenvalue weighted by Gasteiger charge is -2.27. The lowest BCUT2D eigenvalue weighted by molar-refractivity contribution is 0.0943. The summed E-state index contributed by atoms with van der Waals surface area (Å²) in [5.41, 5.74) is 3.55. The minimum Gasteiger partial charge on any atom is -0.368 e. The van der Waals surface area contributed by atoms with Crippen molar-refractivity contribution in [2.75, 3.05) is 11.9 Å². The topological polar surface area (TPSA) is 111 Å². The van der Waals surface area contributed by atoms with Gasteiger partial charge in [-0.05, 0) is 37.0 Å².